The van der Waals surface area contributed by atoms with E-state index in [0.29, 0.717) is 29.8 Å². The van der Waals surface area contributed by atoms with Crippen LogP contribution >= 0.6 is 11.3 Å². The molecule has 3 aromatic heterocycles. The van der Waals surface area contributed by atoms with Gasteiger partial charge in [-0.3, -0.25) is 0 Å². The van der Waals surface area contributed by atoms with E-state index < -0.39 is 5.97 Å². The summed E-state index contributed by atoms with van der Waals surface area (Å²) < 4.78 is 12.0. The fraction of sp³-hybridized carbons (Fsp3) is 0.158. The predicted molar refractivity (Wildman–Crippen MR) is 108 cm³/mol. The highest BCUT2D eigenvalue weighted by Gasteiger charge is 2.18. The van der Waals surface area contributed by atoms with Crippen LogP contribution in [0.3, 0.4) is 0 Å². The summed E-state index contributed by atoms with van der Waals surface area (Å²) in [7, 11) is 3.16. The molecule has 3 heterocycles. The van der Waals surface area contributed by atoms with Gasteiger partial charge in [-0.2, -0.15) is 4.52 Å². The quantitative estimate of drug-likeness (QED) is 0.477. The summed E-state index contributed by atoms with van der Waals surface area (Å²) >= 11 is 1.48. The van der Waals surface area contributed by atoms with Crippen molar-refractivity contribution in [1.29, 1.82) is 0 Å². The van der Waals surface area contributed by atoms with Crippen molar-refractivity contribution in [2.45, 2.75) is 6.54 Å². The number of fused-ring (bicyclic) bond motifs is 1. The van der Waals surface area contributed by atoms with Crippen molar-refractivity contribution >= 4 is 28.9 Å². The maximum absolute atomic E-state index is 11.6. The summed E-state index contributed by atoms with van der Waals surface area (Å²) in [4.78, 5) is 21.0. The van der Waals surface area contributed by atoms with Gasteiger partial charge in [0.1, 0.15) is 5.56 Å². The molecule has 10 heteroatoms. The lowest BCUT2D eigenvalue weighted by Crippen LogP contribution is -2.11. The molecule has 4 rings (SSSR count). The third-order valence-corrected chi connectivity index (χ3v) is 5.10. The highest BCUT2D eigenvalue weighted by molar-refractivity contribution is 7.13. The van der Waals surface area contributed by atoms with E-state index in [9.17, 15) is 9.90 Å². The van der Waals surface area contributed by atoms with Crippen molar-refractivity contribution in [1.82, 2.24) is 19.6 Å². The average molecular weight is 411 g/mol. The zero-order chi connectivity index (χ0) is 20.4. The Morgan fingerprint density at radius 3 is 2.76 bits per heavy atom. The molecule has 0 amide bonds. The molecule has 0 aliphatic rings. The van der Waals surface area contributed by atoms with E-state index in [1.165, 1.54) is 22.0 Å². The second-order valence-corrected chi connectivity index (χ2v) is 6.94. The van der Waals surface area contributed by atoms with Gasteiger partial charge in [0, 0.05) is 12.7 Å². The fourth-order valence-electron chi connectivity index (χ4n) is 2.83. The summed E-state index contributed by atoms with van der Waals surface area (Å²) in [5.41, 5.74) is 1.14. The average Bonchev–Trinajstić information content (AvgIpc) is 3.41. The topological polar surface area (TPSA) is 111 Å². The SMILES string of the molecule is COc1ccc(CNc2ncc(C(=O)O)c3nc(-c4cccs4)nn23)cc1OC. The Kier molecular flexibility index (Phi) is 5.00. The number of methoxy groups -OCH3 is 2. The van der Waals surface area contributed by atoms with Gasteiger partial charge in [0.05, 0.1) is 19.1 Å². The molecule has 4 aromatic rings. The normalized spacial score (nSPS) is 10.8. The highest BCUT2D eigenvalue weighted by Crippen LogP contribution is 2.28. The van der Waals surface area contributed by atoms with Crippen LogP contribution in [0.4, 0.5) is 5.95 Å². The maximum Gasteiger partial charge on any atom is 0.341 e. The van der Waals surface area contributed by atoms with Gasteiger partial charge in [0.15, 0.2) is 23.0 Å². The molecule has 29 heavy (non-hydrogen) atoms. The molecule has 0 atom stereocenters. The van der Waals surface area contributed by atoms with Crippen LogP contribution in [0, 0.1) is 0 Å². The molecule has 0 radical (unpaired) electrons. The molecule has 0 spiro atoms. The van der Waals surface area contributed by atoms with Crippen LogP contribution in [0.15, 0.2) is 41.9 Å². The summed E-state index contributed by atoms with van der Waals surface area (Å²) in [6, 6.07) is 9.34. The van der Waals surface area contributed by atoms with Crippen molar-refractivity contribution < 1.29 is 19.4 Å². The standard InChI is InChI=1S/C19H17N5O4S/c1-27-13-6-5-11(8-14(13)28-2)9-20-19-21-10-12(18(25)26)17-22-16(23-24(17)19)15-4-3-7-29-15/h3-8,10H,9H2,1-2H3,(H,20,21)(H,25,26). The first-order valence-electron chi connectivity index (χ1n) is 8.58. The zero-order valence-corrected chi connectivity index (χ0v) is 16.4. The monoisotopic (exact) mass is 411 g/mol. The molecule has 0 unspecified atom stereocenters. The Hall–Kier alpha value is -3.66. The smallest absolute Gasteiger partial charge is 0.341 e. The van der Waals surface area contributed by atoms with E-state index in [2.05, 4.69) is 20.4 Å². The number of rotatable bonds is 7. The molecule has 0 saturated heterocycles. The van der Waals surface area contributed by atoms with Crippen molar-refractivity contribution in [3.63, 3.8) is 0 Å². The van der Waals surface area contributed by atoms with Crippen LogP contribution in [-0.4, -0.2) is 44.9 Å². The molecule has 1 aromatic carbocycles. The van der Waals surface area contributed by atoms with Gasteiger partial charge >= 0.3 is 5.97 Å². The van der Waals surface area contributed by atoms with Crippen molar-refractivity contribution in [2.75, 3.05) is 19.5 Å². The van der Waals surface area contributed by atoms with Crippen LogP contribution in [-0.2, 0) is 6.54 Å². The number of carboxylic acid groups (broad SMARTS) is 1. The largest absolute Gasteiger partial charge is 0.493 e. The van der Waals surface area contributed by atoms with Crippen LogP contribution in [0.25, 0.3) is 16.3 Å². The number of benzene rings is 1. The third kappa shape index (κ3) is 3.57. The zero-order valence-electron chi connectivity index (χ0n) is 15.6. The number of carboxylic acids is 1. The minimum atomic E-state index is -1.11. The molecule has 0 saturated carbocycles. The van der Waals surface area contributed by atoms with E-state index in [1.807, 2.05) is 35.7 Å². The van der Waals surface area contributed by atoms with Gasteiger partial charge in [0.25, 0.3) is 0 Å². The Labute approximate surface area is 169 Å². The Morgan fingerprint density at radius 1 is 1.24 bits per heavy atom. The number of thiophene rings is 1. The lowest BCUT2D eigenvalue weighted by molar-refractivity contribution is 0.0698. The van der Waals surface area contributed by atoms with Gasteiger partial charge in [-0.1, -0.05) is 12.1 Å². The second-order valence-electron chi connectivity index (χ2n) is 5.99. The molecule has 2 N–H and O–H groups in total. The third-order valence-electron chi connectivity index (χ3n) is 4.24. The van der Waals surface area contributed by atoms with Gasteiger partial charge in [0.2, 0.25) is 5.95 Å². The highest BCUT2D eigenvalue weighted by atomic mass is 32.1. The number of aromatic nitrogens is 4. The van der Waals surface area contributed by atoms with Crippen LogP contribution in [0.5, 0.6) is 11.5 Å². The van der Waals surface area contributed by atoms with Crippen molar-refractivity contribution in [2.24, 2.45) is 0 Å². The molecule has 0 aliphatic carbocycles. The van der Waals surface area contributed by atoms with Gasteiger partial charge < -0.3 is 19.9 Å². The Morgan fingerprint density at radius 2 is 2.07 bits per heavy atom. The summed E-state index contributed by atoms with van der Waals surface area (Å²) in [5, 5.41) is 19.0. The van der Waals surface area contributed by atoms with Crippen LogP contribution in [0.1, 0.15) is 15.9 Å². The number of aromatic carboxylic acids is 1. The molecule has 0 bridgehead atoms. The first kappa shape index (κ1) is 18.7. The lowest BCUT2D eigenvalue weighted by Gasteiger charge is -2.11. The minimum absolute atomic E-state index is 0.0167. The summed E-state index contributed by atoms with van der Waals surface area (Å²) in [6.07, 6.45) is 1.28. The van der Waals surface area contributed by atoms with Crippen LogP contribution in [0.2, 0.25) is 0 Å². The molecule has 9 nitrogen and oxygen atoms in total. The number of hydrogen-bond acceptors (Lipinski definition) is 8. The minimum Gasteiger partial charge on any atom is -0.493 e. The predicted octanol–water partition coefficient (Wildman–Crippen LogP) is 3.18. The Balaban J connectivity index is 1.69. The number of ether oxygens (including phenoxy) is 2. The fourth-order valence-corrected chi connectivity index (χ4v) is 3.48. The molecule has 0 aliphatic heterocycles. The number of anilines is 1. The van der Waals surface area contributed by atoms with Crippen molar-refractivity contribution in [3.05, 3.63) is 53.0 Å². The number of hydrogen-bond donors (Lipinski definition) is 2. The first-order valence-corrected chi connectivity index (χ1v) is 9.46. The van der Waals surface area contributed by atoms with Gasteiger partial charge in [-0.05, 0) is 29.1 Å². The van der Waals surface area contributed by atoms with E-state index in [4.69, 9.17) is 9.47 Å². The van der Waals surface area contributed by atoms with E-state index in [0.717, 1.165) is 10.4 Å². The molecule has 0 fully saturated rings. The lowest BCUT2D eigenvalue weighted by atomic mass is 10.2. The van der Waals surface area contributed by atoms with E-state index in [1.54, 1.807) is 14.2 Å². The van der Waals surface area contributed by atoms with E-state index >= 15 is 0 Å². The molecular weight excluding hydrogens is 394 g/mol. The van der Waals surface area contributed by atoms with E-state index in [-0.39, 0.29) is 11.2 Å². The maximum atomic E-state index is 11.6. The first-order chi connectivity index (χ1) is 14.1. The molecule has 148 valence electrons. The van der Waals surface area contributed by atoms with Gasteiger partial charge in [-0.15, -0.1) is 16.4 Å². The summed E-state index contributed by atoms with van der Waals surface area (Å²) in [6.45, 7) is 0.420. The number of carbonyl (C=O) groups is 1. The Bertz CT molecular complexity index is 1170. The number of nitrogens with zero attached hydrogens (tertiary/aromatic N) is 4. The van der Waals surface area contributed by atoms with Crippen LogP contribution < -0.4 is 14.8 Å². The van der Waals surface area contributed by atoms with Gasteiger partial charge in [-0.25, -0.2) is 14.8 Å². The second kappa shape index (κ2) is 7.76. The summed E-state index contributed by atoms with van der Waals surface area (Å²) in [5.74, 6) is 0.977. The number of nitrogens with one attached hydrogen (secondary N) is 1. The van der Waals surface area contributed by atoms with Crippen molar-refractivity contribution in [3.8, 4) is 22.2 Å². The molecular formula is C19H17N5O4S.